The number of benzene rings is 1. The SMILES string of the molecule is COC[C@@H](C)NC(=O)CSc1nnc(Nc2cccc(C)c2)s1. The minimum atomic E-state index is -0.0389. The van der Waals surface area contributed by atoms with Gasteiger partial charge < -0.3 is 15.4 Å². The molecule has 0 radical (unpaired) electrons. The molecule has 23 heavy (non-hydrogen) atoms. The molecule has 0 unspecified atom stereocenters. The smallest absolute Gasteiger partial charge is 0.230 e. The number of aromatic nitrogens is 2. The van der Waals surface area contributed by atoms with Crippen LogP contribution < -0.4 is 10.6 Å². The first kappa shape index (κ1) is 17.7. The molecule has 1 atom stereocenters. The Morgan fingerprint density at radius 1 is 1.43 bits per heavy atom. The van der Waals surface area contributed by atoms with Crippen LogP contribution in [0.2, 0.25) is 0 Å². The first-order valence-corrected chi connectivity index (χ1v) is 8.95. The van der Waals surface area contributed by atoms with Crippen LogP contribution in [0.25, 0.3) is 0 Å². The summed E-state index contributed by atoms with van der Waals surface area (Å²) in [6.07, 6.45) is 0. The highest BCUT2D eigenvalue weighted by atomic mass is 32.2. The summed E-state index contributed by atoms with van der Waals surface area (Å²) in [5.74, 6) is 0.274. The number of hydrogen-bond donors (Lipinski definition) is 2. The number of methoxy groups -OCH3 is 1. The molecule has 0 spiro atoms. The van der Waals surface area contributed by atoms with Gasteiger partial charge in [-0.25, -0.2) is 0 Å². The average molecular weight is 352 g/mol. The number of ether oxygens (including phenoxy) is 1. The zero-order valence-electron chi connectivity index (χ0n) is 13.3. The number of nitrogens with one attached hydrogen (secondary N) is 2. The molecule has 2 rings (SSSR count). The van der Waals surface area contributed by atoms with E-state index >= 15 is 0 Å². The Morgan fingerprint density at radius 2 is 2.26 bits per heavy atom. The number of hydrogen-bond acceptors (Lipinski definition) is 7. The zero-order chi connectivity index (χ0) is 16.7. The maximum Gasteiger partial charge on any atom is 0.230 e. The molecule has 1 amide bonds. The van der Waals surface area contributed by atoms with Gasteiger partial charge in [-0.15, -0.1) is 10.2 Å². The van der Waals surface area contributed by atoms with Gasteiger partial charge >= 0.3 is 0 Å². The molecule has 1 aromatic heterocycles. The van der Waals surface area contributed by atoms with Gasteiger partial charge in [0.15, 0.2) is 4.34 Å². The predicted octanol–water partition coefficient (Wildman–Crippen LogP) is 2.83. The molecule has 2 aromatic rings. The van der Waals surface area contributed by atoms with Crippen LogP contribution in [0.4, 0.5) is 10.8 Å². The van der Waals surface area contributed by atoms with E-state index in [9.17, 15) is 4.79 Å². The highest BCUT2D eigenvalue weighted by molar-refractivity contribution is 8.01. The van der Waals surface area contributed by atoms with Gasteiger partial charge in [0.2, 0.25) is 11.0 Å². The molecule has 0 aliphatic carbocycles. The van der Waals surface area contributed by atoms with Crippen LogP contribution in [-0.2, 0) is 9.53 Å². The molecule has 8 heteroatoms. The molecule has 1 heterocycles. The summed E-state index contributed by atoms with van der Waals surface area (Å²) in [4.78, 5) is 11.8. The zero-order valence-corrected chi connectivity index (χ0v) is 15.0. The summed E-state index contributed by atoms with van der Waals surface area (Å²) in [6.45, 7) is 4.44. The third-order valence-corrected chi connectivity index (χ3v) is 4.80. The van der Waals surface area contributed by atoms with E-state index in [2.05, 4.69) is 20.8 Å². The van der Waals surface area contributed by atoms with E-state index in [1.54, 1.807) is 7.11 Å². The van der Waals surface area contributed by atoms with E-state index in [0.29, 0.717) is 17.5 Å². The second-order valence-electron chi connectivity index (χ2n) is 5.08. The van der Waals surface area contributed by atoms with Gasteiger partial charge in [0.05, 0.1) is 12.4 Å². The van der Waals surface area contributed by atoms with Crippen molar-refractivity contribution in [2.75, 3.05) is 24.8 Å². The van der Waals surface area contributed by atoms with E-state index in [1.807, 2.05) is 38.1 Å². The van der Waals surface area contributed by atoms with Crippen LogP contribution in [0.1, 0.15) is 12.5 Å². The Labute approximate surface area is 144 Å². The monoisotopic (exact) mass is 352 g/mol. The van der Waals surface area contributed by atoms with Crippen molar-refractivity contribution < 1.29 is 9.53 Å². The van der Waals surface area contributed by atoms with E-state index in [4.69, 9.17) is 4.74 Å². The maximum absolute atomic E-state index is 11.8. The fourth-order valence-corrected chi connectivity index (χ4v) is 3.48. The van der Waals surface area contributed by atoms with Gasteiger partial charge in [0, 0.05) is 18.8 Å². The van der Waals surface area contributed by atoms with Gasteiger partial charge in [-0.2, -0.15) is 0 Å². The lowest BCUT2D eigenvalue weighted by Crippen LogP contribution is -2.36. The first-order valence-electron chi connectivity index (χ1n) is 7.15. The maximum atomic E-state index is 11.8. The van der Waals surface area contributed by atoms with E-state index in [-0.39, 0.29) is 11.9 Å². The van der Waals surface area contributed by atoms with Gasteiger partial charge in [-0.3, -0.25) is 4.79 Å². The second-order valence-corrected chi connectivity index (χ2v) is 7.28. The summed E-state index contributed by atoms with van der Waals surface area (Å²) < 4.78 is 5.74. The van der Waals surface area contributed by atoms with Crippen LogP contribution in [0, 0.1) is 6.92 Å². The molecule has 0 saturated heterocycles. The highest BCUT2D eigenvalue weighted by Gasteiger charge is 2.10. The van der Waals surface area contributed by atoms with Crippen molar-refractivity contribution in [1.29, 1.82) is 0 Å². The minimum absolute atomic E-state index is 0.000989. The Balaban J connectivity index is 1.82. The third-order valence-electron chi connectivity index (χ3n) is 2.83. The number of aryl methyl sites for hydroxylation is 1. The van der Waals surface area contributed by atoms with Crippen LogP contribution >= 0.6 is 23.1 Å². The summed E-state index contributed by atoms with van der Waals surface area (Å²) in [5, 5.41) is 15.0. The molecule has 0 aliphatic heterocycles. The minimum Gasteiger partial charge on any atom is -0.383 e. The number of rotatable bonds is 8. The van der Waals surface area contributed by atoms with E-state index < -0.39 is 0 Å². The summed E-state index contributed by atoms with van der Waals surface area (Å²) in [5.41, 5.74) is 2.15. The fourth-order valence-electron chi connectivity index (χ4n) is 1.90. The van der Waals surface area contributed by atoms with E-state index in [0.717, 1.165) is 10.0 Å². The number of carbonyl (C=O) groups is 1. The van der Waals surface area contributed by atoms with Crippen molar-refractivity contribution in [2.45, 2.75) is 24.2 Å². The second kappa shape index (κ2) is 8.85. The van der Waals surface area contributed by atoms with Gasteiger partial charge in [0.25, 0.3) is 0 Å². The lowest BCUT2D eigenvalue weighted by atomic mass is 10.2. The lowest BCUT2D eigenvalue weighted by molar-refractivity contribution is -0.119. The van der Waals surface area contributed by atoms with Crippen molar-refractivity contribution in [3.8, 4) is 0 Å². The summed E-state index contributed by atoms with van der Waals surface area (Å²) >= 11 is 2.80. The number of thioether (sulfide) groups is 1. The largest absolute Gasteiger partial charge is 0.383 e. The fraction of sp³-hybridized carbons (Fsp3) is 0.400. The Bertz CT molecular complexity index is 648. The van der Waals surface area contributed by atoms with Gasteiger partial charge in [-0.05, 0) is 31.5 Å². The highest BCUT2D eigenvalue weighted by Crippen LogP contribution is 2.27. The van der Waals surface area contributed by atoms with Crippen LogP contribution in [0.15, 0.2) is 28.6 Å². The van der Waals surface area contributed by atoms with Crippen LogP contribution in [-0.4, -0.2) is 41.6 Å². The number of anilines is 2. The van der Waals surface area contributed by atoms with Crippen LogP contribution in [0.3, 0.4) is 0 Å². The molecule has 0 aliphatic rings. The van der Waals surface area contributed by atoms with Crippen molar-refractivity contribution in [1.82, 2.24) is 15.5 Å². The van der Waals surface area contributed by atoms with Crippen molar-refractivity contribution in [3.63, 3.8) is 0 Å². The average Bonchev–Trinajstić information content (AvgIpc) is 2.93. The quantitative estimate of drug-likeness (QED) is 0.712. The molecule has 0 fully saturated rings. The summed E-state index contributed by atoms with van der Waals surface area (Å²) in [7, 11) is 1.61. The standard InChI is InChI=1S/C15H20N4O2S2/c1-10-5-4-6-12(7-10)17-14-18-19-15(23-14)22-9-13(20)16-11(2)8-21-3/h4-7,11H,8-9H2,1-3H3,(H,16,20)(H,17,18)/t11-/m1/s1. The van der Waals surface area contributed by atoms with Gasteiger partial charge in [0.1, 0.15) is 0 Å². The number of amides is 1. The Kier molecular flexibility index (Phi) is 6.82. The number of nitrogens with zero attached hydrogens (tertiary/aromatic N) is 2. The first-order chi connectivity index (χ1) is 11.1. The van der Waals surface area contributed by atoms with Crippen molar-refractivity contribution >= 4 is 39.8 Å². The molecular weight excluding hydrogens is 332 g/mol. The molecule has 6 nitrogen and oxygen atoms in total. The molecule has 1 aromatic carbocycles. The van der Waals surface area contributed by atoms with Crippen molar-refractivity contribution in [3.05, 3.63) is 29.8 Å². The van der Waals surface area contributed by atoms with Crippen LogP contribution in [0.5, 0.6) is 0 Å². The molecule has 124 valence electrons. The van der Waals surface area contributed by atoms with Crippen molar-refractivity contribution in [2.24, 2.45) is 0 Å². The molecule has 2 N–H and O–H groups in total. The lowest BCUT2D eigenvalue weighted by Gasteiger charge is -2.11. The topological polar surface area (TPSA) is 76.1 Å². The third kappa shape index (κ3) is 6.17. The molecule has 0 saturated carbocycles. The Hall–Kier alpha value is -1.64. The predicted molar refractivity (Wildman–Crippen MR) is 94.6 cm³/mol. The molecule has 0 bridgehead atoms. The summed E-state index contributed by atoms with van der Waals surface area (Å²) in [6, 6.07) is 8.04. The van der Waals surface area contributed by atoms with E-state index in [1.165, 1.54) is 28.7 Å². The molecular formula is C15H20N4O2S2. The normalized spacial score (nSPS) is 12.0. The number of carbonyl (C=O) groups excluding carboxylic acids is 1. The Morgan fingerprint density at radius 3 is 3.00 bits per heavy atom. The van der Waals surface area contributed by atoms with Gasteiger partial charge in [-0.1, -0.05) is 35.2 Å².